The summed E-state index contributed by atoms with van der Waals surface area (Å²) in [6.07, 6.45) is 98.5. The average Bonchev–Trinajstić information content (AvgIpc) is 3.52. The summed E-state index contributed by atoms with van der Waals surface area (Å²) in [4.78, 5) is 24.6. The number of aliphatic hydroxyl groups excluding tert-OH is 2. The summed E-state index contributed by atoms with van der Waals surface area (Å²) >= 11 is 0. The Morgan fingerprint density at radius 3 is 0.897 bits per heavy atom. The van der Waals surface area contributed by atoms with Gasteiger partial charge in [0.1, 0.15) is 0 Å². The van der Waals surface area contributed by atoms with E-state index in [1.807, 2.05) is 0 Å². The Kier molecular flexibility index (Phi) is 75.3. The van der Waals surface area contributed by atoms with Gasteiger partial charge in [-0.05, 0) is 57.8 Å². The highest BCUT2D eigenvalue weighted by Gasteiger charge is 2.20. The van der Waals surface area contributed by atoms with Gasteiger partial charge >= 0.3 is 5.97 Å². The molecular formula is C81H157NO5. The van der Waals surface area contributed by atoms with Gasteiger partial charge in [-0.2, -0.15) is 0 Å². The van der Waals surface area contributed by atoms with Crippen LogP contribution >= 0.6 is 0 Å². The molecule has 516 valence electrons. The van der Waals surface area contributed by atoms with E-state index in [-0.39, 0.29) is 18.5 Å². The van der Waals surface area contributed by atoms with Crippen molar-refractivity contribution in [1.82, 2.24) is 5.32 Å². The summed E-state index contributed by atoms with van der Waals surface area (Å²) in [7, 11) is 0. The molecule has 0 saturated carbocycles. The second-order valence-corrected chi connectivity index (χ2v) is 27.8. The molecule has 0 aromatic carbocycles. The molecule has 2 atom stereocenters. The fourth-order valence-corrected chi connectivity index (χ4v) is 12.9. The Morgan fingerprint density at radius 2 is 0.575 bits per heavy atom. The molecule has 0 bridgehead atoms. The smallest absolute Gasteiger partial charge is 0.305 e. The van der Waals surface area contributed by atoms with Gasteiger partial charge in [-0.1, -0.05) is 411 Å². The maximum absolute atomic E-state index is 12.5. The van der Waals surface area contributed by atoms with Gasteiger partial charge in [0.25, 0.3) is 0 Å². The van der Waals surface area contributed by atoms with Crippen LogP contribution in [0.25, 0.3) is 0 Å². The molecule has 0 radical (unpaired) electrons. The first-order valence-corrected chi connectivity index (χ1v) is 40.1. The number of unbranched alkanes of at least 4 members (excludes halogenated alkanes) is 61. The lowest BCUT2D eigenvalue weighted by molar-refractivity contribution is -0.143. The van der Waals surface area contributed by atoms with Crippen molar-refractivity contribution in [3.05, 3.63) is 24.3 Å². The number of aliphatic hydroxyl groups is 2. The van der Waals surface area contributed by atoms with Crippen LogP contribution in [-0.2, 0) is 14.3 Å². The van der Waals surface area contributed by atoms with E-state index in [4.69, 9.17) is 4.74 Å². The molecule has 0 aromatic rings. The van der Waals surface area contributed by atoms with Gasteiger partial charge in [0.05, 0.1) is 25.4 Å². The van der Waals surface area contributed by atoms with Crippen molar-refractivity contribution < 1.29 is 24.5 Å². The van der Waals surface area contributed by atoms with Gasteiger partial charge < -0.3 is 20.3 Å². The number of carbonyl (C=O) groups excluding carboxylic acids is 2. The Morgan fingerprint density at radius 1 is 0.322 bits per heavy atom. The molecule has 0 aliphatic carbocycles. The van der Waals surface area contributed by atoms with Crippen molar-refractivity contribution in [3.63, 3.8) is 0 Å². The molecule has 2 unspecified atom stereocenters. The summed E-state index contributed by atoms with van der Waals surface area (Å²) in [5.41, 5.74) is 0. The SMILES string of the molecule is CCCCC/C=C\C/C=C\CCCCCCCC(=O)OCCCCCCCCCCCCCCCCCCCCCCCCCCCCCCCCCCCCCCCC(=O)NC(CO)C(O)CCCCCCCCCCCCCCCCCCCC. The maximum atomic E-state index is 12.5. The number of nitrogens with one attached hydrogen (secondary N) is 1. The molecule has 0 rings (SSSR count). The fraction of sp³-hybridized carbons (Fsp3) is 0.926. The first-order valence-electron chi connectivity index (χ1n) is 40.1. The summed E-state index contributed by atoms with van der Waals surface area (Å²) in [5.74, 6) is -0.0144. The van der Waals surface area contributed by atoms with Gasteiger partial charge in [-0.15, -0.1) is 0 Å². The van der Waals surface area contributed by atoms with Crippen molar-refractivity contribution in [2.75, 3.05) is 13.2 Å². The normalized spacial score (nSPS) is 12.6. The monoisotopic (exact) mass is 1220 g/mol. The number of hydrogen-bond acceptors (Lipinski definition) is 5. The predicted octanol–water partition coefficient (Wildman–Crippen LogP) is 26.4. The number of esters is 1. The fourth-order valence-electron chi connectivity index (χ4n) is 12.9. The summed E-state index contributed by atoms with van der Waals surface area (Å²) in [6, 6.07) is -0.537. The lowest BCUT2D eigenvalue weighted by atomic mass is 10.0. The molecule has 0 aromatic heterocycles. The zero-order valence-electron chi connectivity index (χ0n) is 59.3. The van der Waals surface area contributed by atoms with Crippen molar-refractivity contribution in [1.29, 1.82) is 0 Å². The number of carbonyl (C=O) groups is 2. The van der Waals surface area contributed by atoms with E-state index in [9.17, 15) is 19.8 Å². The zero-order valence-corrected chi connectivity index (χ0v) is 59.3. The summed E-state index contributed by atoms with van der Waals surface area (Å²) < 4.78 is 5.50. The van der Waals surface area contributed by atoms with Gasteiger partial charge in [0.2, 0.25) is 5.91 Å². The summed E-state index contributed by atoms with van der Waals surface area (Å²) in [6.45, 7) is 4.97. The van der Waals surface area contributed by atoms with Gasteiger partial charge in [-0.25, -0.2) is 0 Å². The van der Waals surface area contributed by atoms with Crippen molar-refractivity contribution in [2.45, 2.75) is 469 Å². The van der Waals surface area contributed by atoms with Crippen LogP contribution in [0.3, 0.4) is 0 Å². The van der Waals surface area contributed by atoms with Crippen molar-refractivity contribution in [2.24, 2.45) is 0 Å². The Balaban J connectivity index is 3.30. The van der Waals surface area contributed by atoms with E-state index in [0.29, 0.717) is 25.9 Å². The molecule has 0 spiro atoms. The number of hydrogen-bond donors (Lipinski definition) is 3. The van der Waals surface area contributed by atoms with Gasteiger partial charge in [0.15, 0.2) is 0 Å². The molecule has 0 heterocycles. The van der Waals surface area contributed by atoms with Crippen LogP contribution in [0.1, 0.15) is 457 Å². The van der Waals surface area contributed by atoms with Crippen LogP contribution in [0.15, 0.2) is 24.3 Å². The number of ether oxygens (including phenoxy) is 1. The maximum Gasteiger partial charge on any atom is 0.305 e. The zero-order chi connectivity index (χ0) is 62.8. The first kappa shape index (κ1) is 85.3. The van der Waals surface area contributed by atoms with E-state index in [2.05, 4.69) is 43.5 Å². The molecule has 3 N–H and O–H groups in total. The van der Waals surface area contributed by atoms with Crippen molar-refractivity contribution in [3.8, 4) is 0 Å². The molecule has 6 nitrogen and oxygen atoms in total. The third-order valence-electron chi connectivity index (χ3n) is 19.0. The summed E-state index contributed by atoms with van der Waals surface area (Å²) in [5, 5.41) is 23.4. The molecule has 0 aliphatic heterocycles. The van der Waals surface area contributed by atoms with Gasteiger partial charge in [0, 0.05) is 12.8 Å². The Labute approximate surface area is 545 Å². The minimum absolute atomic E-state index is 0.0101. The third kappa shape index (κ3) is 73.3. The van der Waals surface area contributed by atoms with Crippen LogP contribution in [0.2, 0.25) is 0 Å². The molecule has 0 aliphatic rings. The highest BCUT2D eigenvalue weighted by atomic mass is 16.5. The Hall–Kier alpha value is -1.66. The van der Waals surface area contributed by atoms with Gasteiger partial charge in [-0.3, -0.25) is 9.59 Å². The van der Waals surface area contributed by atoms with E-state index in [0.717, 1.165) is 51.4 Å². The molecule has 6 heteroatoms. The predicted molar refractivity (Wildman–Crippen MR) is 384 cm³/mol. The largest absolute Gasteiger partial charge is 0.466 e. The topological polar surface area (TPSA) is 95.9 Å². The second-order valence-electron chi connectivity index (χ2n) is 27.8. The average molecular weight is 1230 g/mol. The van der Waals surface area contributed by atoms with Crippen LogP contribution in [0.4, 0.5) is 0 Å². The van der Waals surface area contributed by atoms with Crippen molar-refractivity contribution >= 4 is 11.9 Å². The standard InChI is InChI=1S/C81H157NO5/c1-3-5-7-9-11-13-15-17-19-20-42-46-49-53-57-61-65-69-73-79(84)78(77-83)82-80(85)74-70-66-62-58-54-50-47-43-40-38-36-34-32-30-28-26-24-22-21-23-25-27-29-31-33-35-37-39-41-44-48-52-56-60-64-68-72-76-87-81(86)75-71-67-63-59-55-51-45-18-16-14-12-10-8-6-4-2/h12,14,18,45,78-79,83-84H,3-11,13,15-17,19-44,46-77H2,1-2H3,(H,82,85)/b14-12-,45-18-. The van der Waals surface area contributed by atoms with Crippen LogP contribution in [-0.4, -0.2) is 47.4 Å². The molecule has 87 heavy (non-hydrogen) atoms. The number of rotatable bonds is 76. The highest BCUT2D eigenvalue weighted by Crippen LogP contribution is 2.20. The molecule has 1 amide bonds. The van der Waals surface area contributed by atoms with Crippen LogP contribution in [0.5, 0.6) is 0 Å². The van der Waals surface area contributed by atoms with Crippen LogP contribution in [0, 0.1) is 0 Å². The second kappa shape index (κ2) is 76.8. The van der Waals surface area contributed by atoms with Crippen LogP contribution < -0.4 is 5.32 Å². The quantitative estimate of drug-likeness (QED) is 0.0320. The lowest BCUT2D eigenvalue weighted by Gasteiger charge is -2.22. The number of amides is 1. The van der Waals surface area contributed by atoms with E-state index >= 15 is 0 Å². The Bertz CT molecular complexity index is 1360. The molecular weight excluding hydrogens is 1070 g/mol. The molecule has 0 fully saturated rings. The molecule has 0 saturated heterocycles. The minimum Gasteiger partial charge on any atom is -0.466 e. The van der Waals surface area contributed by atoms with E-state index in [1.165, 1.54) is 372 Å². The highest BCUT2D eigenvalue weighted by molar-refractivity contribution is 5.76. The number of allylic oxidation sites excluding steroid dienone is 4. The van der Waals surface area contributed by atoms with E-state index < -0.39 is 12.1 Å². The third-order valence-corrected chi connectivity index (χ3v) is 19.0. The van der Waals surface area contributed by atoms with E-state index in [1.54, 1.807) is 0 Å². The first-order chi connectivity index (χ1) is 43.0. The lowest BCUT2D eigenvalue weighted by Crippen LogP contribution is -2.45. The minimum atomic E-state index is -0.660.